The molecule has 124 valence electrons. The Morgan fingerprint density at radius 3 is 2.29 bits per heavy atom. The number of unbranched alkanes of at least 4 members (excludes halogenated alkanes) is 7. The maximum absolute atomic E-state index is 10.3. The monoisotopic (exact) mass is 298 g/mol. The van der Waals surface area contributed by atoms with Gasteiger partial charge in [0.2, 0.25) is 0 Å². The summed E-state index contributed by atoms with van der Waals surface area (Å²) in [6, 6.07) is 0. The van der Waals surface area contributed by atoms with Gasteiger partial charge in [0, 0.05) is 6.42 Å². The van der Waals surface area contributed by atoms with Crippen molar-refractivity contribution in [2.24, 2.45) is 0 Å². The molecule has 1 atom stereocenters. The molecule has 0 aliphatic rings. The molecule has 0 saturated heterocycles. The van der Waals surface area contributed by atoms with Gasteiger partial charge in [0.15, 0.2) is 0 Å². The first-order valence-corrected chi connectivity index (χ1v) is 8.71. The zero-order chi connectivity index (χ0) is 15.8. The summed E-state index contributed by atoms with van der Waals surface area (Å²) < 4.78 is 0. The Balaban J connectivity index is 3.28. The molecule has 0 heterocycles. The quantitative estimate of drug-likeness (QED) is 0.327. The predicted molar refractivity (Wildman–Crippen MR) is 88.5 cm³/mol. The Hall–Kier alpha value is -0.830. The van der Waals surface area contributed by atoms with E-state index < -0.39 is 5.97 Å². The number of carboxylic acid groups (broad SMARTS) is 1. The molecular formula is C18H34O3. The number of carboxylic acids is 1. The molecule has 21 heavy (non-hydrogen) atoms. The largest absolute Gasteiger partial charge is 0.481 e. The van der Waals surface area contributed by atoms with Gasteiger partial charge in [-0.25, -0.2) is 0 Å². The summed E-state index contributed by atoms with van der Waals surface area (Å²) in [6.07, 6.45) is 17.3. The second kappa shape index (κ2) is 15.6. The highest BCUT2D eigenvalue weighted by Gasteiger charge is 2.03. The summed E-state index contributed by atoms with van der Waals surface area (Å²) in [6.45, 7) is 2.23. The van der Waals surface area contributed by atoms with Crippen molar-refractivity contribution in [3.8, 4) is 0 Å². The molecule has 1 unspecified atom stereocenters. The van der Waals surface area contributed by atoms with E-state index in [1.54, 1.807) is 0 Å². The van der Waals surface area contributed by atoms with Gasteiger partial charge in [0.25, 0.3) is 0 Å². The number of hydrogen-bond acceptors (Lipinski definition) is 2. The minimum Gasteiger partial charge on any atom is -0.481 e. The molecule has 0 fully saturated rings. The minimum absolute atomic E-state index is 0.200. The number of rotatable bonds is 15. The maximum Gasteiger partial charge on any atom is 0.303 e. The topological polar surface area (TPSA) is 57.5 Å². The molecule has 0 aliphatic heterocycles. The number of aliphatic hydroxyl groups is 1. The zero-order valence-corrected chi connectivity index (χ0v) is 13.7. The molecule has 0 aromatic rings. The maximum atomic E-state index is 10.3. The number of hydrogen-bond donors (Lipinski definition) is 2. The lowest BCUT2D eigenvalue weighted by Crippen LogP contribution is -2.05. The molecule has 0 saturated carbocycles. The summed E-state index contributed by atoms with van der Waals surface area (Å²) in [5.74, 6) is -0.712. The van der Waals surface area contributed by atoms with Crippen molar-refractivity contribution in [2.75, 3.05) is 0 Å². The van der Waals surface area contributed by atoms with Crippen LogP contribution in [0.25, 0.3) is 0 Å². The number of aliphatic carboxylic acids is 1. The number of aliphatic hydroxyl groups excluding tert-OH is 1. The summed E-state index contributed by atoms with van der Waals surface area (Å²) >= 11 is 0. The highest BCUT2D eigenvalue weighted by atomic mass is 16.4. The van der Waals surface area contributed by atoms with E-state index in [9.17, 15) is 9.90 Å². The fourth-order valence-corrected chi connectivity index (χ4v) is 2.37. The SMILES string of the molecule is CCCCCC/C=C/CCC(O)CCCCCCC(=O)O. The van der Waals surface area contributed by atoms with Gasteiger partial charge in [-0.15, -0.1) is 0 Å². The molecule has 0 aromatic carbocycles. The van der Waals surface area contributed by atoms with Gasteiger partial charge in [-0.1, -0.05) is 57.6 Å². The van der Waals surface area contributed by atoms with Crippen LogP contribution in [0, 0.1) is 0 Å². The standard InChI is InChI=1S/C18H34O3/c1-2-3-4-5-6-7-8-11-14-17(19)15-12-9-10-13-16-18(20)21/h7-8,17,19H,2-6,9-16H2,1H3,(H,20,21)/b8-7+. The van der Waals surface area contributed by atoms with Gasteiger partial charge < -0.3 is 10.2 Å². The van der Waals surface area contributed by atoms with Crippen LogP contribution in [0.5, 0.6) is 0 Å². The first-order valence-electron chi connectivity index (χ1n) is 8.71. The van der Waals surface area contributed by atoms with Crippen molar-refractivity contribution >= 4 is 5.97 Å². The van der Waals surface area contributed by atoms with Crippen molar-refractivity contribution in [3.05, 3.63) is 12.2 Å². The molecular weight excluding hydrogens is 264 g/mol. The van der Waals surface area contributed by atoms with Crippen molar-refractivity contribution in [1.29, 1.82) is 0 Å². The van der Waals surface area contributed by atoms with Gasteiger partial charge in [-0.05, 0) is 38.5 Å². The van der Waals surface area contributed by atoms with E-state index >= 15 is 0 Å². The Kier molecular flexibility index (Phi) is 14.9. The lowest BCUT2D eigenvalue weighted by Gasteiger charge is -2.08. The van der Waals surface area contributed by atoms with Crippen molar-refractivity contribution in [1.82, 2.24) is 0 Å². The molecule has 3 nitrogen and oxygen atoms in total. The zero-order valence-electron chi connectivity index (χ0n) is 13.7. The molecule has 2 N–H and O–H groups in total. The van der Waals surface area contributed by atoms with Crippen molar-refractivity contribution in [2.45, 2.75) is 96.5 Å². The molecule has 0 amide bonds. The van der Waals surface area contributed by atoms with Crippen LogP contribution in [-0.4, -0.2) is 22.3 Å². The molecule has 0 aromatic heterocycles. The van der Waals surface area contributed by atoms with Crippen LogP contribution in [0.1, 0.15) is 90.4 Å². The van der Waals surface area contributed by atoms with E-state index in [1.165, 1.54) is 32.1 Å². The van der Waals surface area contributed by atoms with Gasteiger partial charge in [-0.2, -0.15) is 0 Å². The Morgan fingerprint density at radius 2 is 1.57 bits per heavy atom. The second-order valence-electron chi connectivity index (χ2n) is 5.90. The van der Waals surface area contributed by atoms with E-state index in [4.69, 9.17) is 5.11 Å². The third-order valence-electron chi connectivity index (χ3n) is 3.74. The summed E-state index contributed by atoms with van der Waals surface area (Å²) in [7, 11) is 0. The van der Waals surface area contributed by atoms with Crippen molar-refractivity contribution in [3.63, 3.8) is 0 Å². The van der Waals surface area contributed by atoms with E-state index in [-0.39, 0.29) is 12.5 Å². The predicted octanol–water partition coefficient (Wildman–Crippen LogP) is 5.08. The first-order chi connectivity index (χ1) is 10.2. The fourth-order valence-electron chi connectivity index (χ4n) is 2.37. The van der Waals surface area contributed by atoms with Crippen LogP contribution in [0.2, 0.25) is 0 Å². The lowest BCUT2D eigenvalue weighted by molar-refractivity contribution is -0.137. The van der Waals surface area contributed by atoms with Crippen LogP contribution in [0.3, 0.4) is 0 Å². The Labute approximate surface area is 130 Å². The first kappa shape index (κ1) is 20.2. The average molecular weight is 298 g/mol. The highest BCUT2D eigenvalue weighted by molar-refractivity contribution is 5.66. The number of allylic oxidation sites excluding steroid dienone is 2. The third kappa shape index (κ3) is 17.1. The lowest BCUT2D eigenvalue weighted by atomic mass is 10.0. The Morgan fingerprint density at radius 1 is 0.905 bits per heavy atom. The van der Waals surface area contributed by atoms with E-state index in [0.29, 0.717) is 0 Å². The Bertz CT molecular complexity index is 261. The van der Waals surface area contributed by atoms with Gasteiger partial charge in [0.05, 0.1) is 6.10 Å². The minimum atomic E-state index is -0.712. The van der Waals surface area contributed by atoms with Crippen LogP contribution < -0.4 is 0 Å². The average Bonchev–Trinajstić information content (AvgIpc) is 2.45. The van der Waals surface area contributed by atoms with Gasteiger partial charge in [0.1, 0.15) is 0 Å². The molecule has 3 heteroatoms. The molecule has 0 rings (SSSR count). The van der Waals surface area contributed by atoms with Crippen molar-refractivity contribution < 1.29 is 15.0 Å². The van der Waals surface area contributed by atoms with Crippen LogP contribution in [0.4, 0.5) is 0 Å². The molecule has 0 aliphatic carbocycles. The summed E-state index contributed by atoms with van der Waals surface area (Å²) in [4.78, 5) is 10.3. The van der Waals surface area contributed by atoms with E-state index in [0.717, 1.165) is 44.9 Å². The van der Waals surface area contributed by atoms with Gasteiger partial charge >= 0.3 is 5.97 Å². The van der Waals surface area contributed by atoms with Crippen LogP contribution >= 0.6 is 0 Å². The smallest absolute Gasteiger partial charge is 0.303 e. The van der Waals surface area contributed by atoms with Crippen LogP contribution in [-0.2, 0) is 4.79 Å². The summed E-state index contributed by atoms with van der Waals surface area (Å²) in [5, 5.41) is 18.4. The molecule has 0 bridgehead atoms. The van der Waals surface area contributed by atoms with Crippen LogP contribution in [0.15, 0.2) is 12.2 Å². The molecule has 0 radical (unpaired) electrons. The normalized spacial score (nSPS) is 12.9. The second-order valence-corrected chi connectivity index (χ2v) is 5.90. The number of carbonyl (C=O) groups is 1. The van der Waals surface area contributed by atoms with Gasteiger partial charge in [-0.3, -0.25) is 4.79 Å². The fraction of sp³-hybridized carbons (Fsp3) is 0.833. The summed E-state index contributed by atoms with van der Waals surface area (Å²) in [5.41, 5.74) is 0. The van der Waals surface area contributed by atoms with E-state index in [2.05, 4.69) is 19.1 Å². The highest BCUT2D eigenvalue weighted by Crippen LogP contribution is 2.11. The molecule has 0 spiro atoms. The van der Waals surface area contributed by atoms with E-state index in [1.807, 2.05) is 0 Å². The third-order valence-corrected chi connectivity index (χ3v) is 3.74.